The van der Waals surface area contributed by atoms with Gasteiger partial charge in [-0.05, 0) is 123 Å². The highest BCUT2D eigenvalue weighted by Gasteiger charge is 2.47. The van der Waals surface area contributed by atoms with Gasteiger partial charge < -0.3 is 13.8 Å². The first-order valence-electron chi connectivity index (χ1n) is 23.7. The fourth-order valence-corrected chi connectivity index (χ4v) is 15.1. The molecule has 8 aromatic carbocycles. The lowest BCUT2D eigenvalue weighted by molar-refractivity contribution is 0.332. The number of thiophene rings is 2. The Hall–Kier alpha value is -6.34. The van der Waals surface area contributed by atoms with Crippen LogP contribution in [0.25, 0.3) is 101 Å². The first kappa shape index (κ1) is 37.8. The zero-order valence-electron chi connectivity index (χ0n) is 38.3. The summed E-state index contributed by atoms with van der Waals surface area (Å²) in [6.07, 6.45) is 2.34. The third kappa shape index (κ3) is 4.74. The highest BCUT2D eigenvalue weighted by atomic mass is 32.1. The van der Waals surface area contributed by atoms with Crippen LogP contribution in [0.5, 0.6) is 0 Å². The SMILES string of the molecule is CC(C)(C)c1ccc(N2B3c4cc5oc6ccccc6c5cc4-n4c5cc6c(cc5c5c7c(sc8ccccc87)c(c3c54)-c3cc4c(cc32)sc2ccccc24)C(C)(C)CCC6(C)C)cc1. The molecule has 0 bridgehead atoms. The zero-order valence-corrected chi connectivity index (χ0v) is 39.9. The van der Waals surface area contributed by atoms with E-state index in [0.717, 1.165) is 21.9 Å². The summed E-state index contributed by atoms with van der Waals surface area (Å²) in [6.45, 7) is 16.7. The summed E-state index contributed by atoms with van der Waals surface area (Å²) >= 11 is 3.89. The molecule has 4 aromatic heterocycles. The molecule has 15 rings (SSSR count). The van der Waals surface area contributed by atoms with Crippen LogP contribution < -0.4 is 15.7 Å². The average molecular weight is 887 g/mol. The van der Waals surface area contributed by atoms with Crippen molar-refractivity contribution < 1.29 is 4.42 Å². The van der Waals surface area contributed by atoms with Crippen LogP contribution in [0.1, 0.15) is 78.0 Å². The van der Waals surface area contributed by atoms with E-state index in [0.29, 0.717) is 0 Å². The van der Waals surface area contributed by atoms with Crippen LogP contribution in [-0.2, 0) is 16.2 Å². The smallest absolute Gasteiger partial charge is 0.333 e. The molecule has 3 aliphatic rings. The van der Waals surface area contributed by atoms with E-state index >= 15 is 0 Å². The number of fused-ring (bicyclic) bond motifs is 20. The standard InChI is InChI=1S/C60H47BN2OS2/c1-58(2,3)32-20-22-33(23-21-32)63-45-31-51-38(35-15-9-12-18-49(35)65-51)26-39(45)54-55-56-52(53-36-16-10-13-19-50(36)66-57(53)54)40-27-41-42(60(6,7)25-24-59(41,4)5)29-44(40)62(56)46-28-37-34-14-8-11-17-47(34)64-48(37)30-43(46)61(55)63/h8-23,26-31H,24-25H2,1-7H3. The molecule has 318 valence electrons. The molecule has 6 heterocycles. The van der Waals surface area contributed by atoms with Crippen LogP contribution >= 0.6 is 22.7 Å². The summed E-state index contributed by atoms with van der Waals surface area (Å²) in [5.74, 6) is 0. The molecule has 66 heavy (non-hydrogen) atoms. The number of anilines is 2. The number of nitrogens with zero attached hydrogens (tertiary/aromatic N) is 2. The molecule has 0 radical (unpaired) electrons. The molecule has 0 saturated heterocycles. The Balaban J connectivity index is 1.20. The molecule has 0 unspecified atom stereocenters. The van der Waals surface area contributed by atoms with Gasteiger partial charge in [-0.3, -0.25) is 0 Å². The van der Waals surface area contributed by atoms with E-state index in [4.69, 9.17) is 4.42 Å². The van der Waals surface area contributed by atoms with Crippen LogP contribution in [-0.4, -0.2) is 11.4 Å². The fourth-order valence-electron chi connectivity index (χ4n) is 12.7. The van der Waals surface area contributed by atoms with Gasteiger partial charge in [0.2, 0.25) is 0 Å². The molecule has 0 spiro atoms. The quantitative estimate of drug-likeness (QED) is 0.153. The highest BCUT2D eigenvalue weighted by molar-refractivity contribution is 7.27. The molecule has 0 atom stereocenters. The lowest BCUT2D eigenvalue weighted by Gasteiger charge is -2.42. The normalized spacial score (nSPS) is 16.2. The number of hydrogen-bond donors (Lipinski definition) is 0. The van der Waals surface area contributed by atoms with Crippen molar-refractivity contribution in [3.8, 4) is 16.8 Å². The molecule has 0 fully saturated rings. The second-order valence-corrected chi connectivity index (χ2v) is 24.0. The summed E-state index contributed by atoms with van der Waals surface area (Å²) in [5.41, 5.74) is 18.0. The van der Waals surface area contributed by atoms with Gasteiger partial charge in [0.25, 0.3) is 0 Å². The van der Waals surface area contributed by atoms with E-state index in [9.17, 15) is 0 Å². The van der Waals surface area contributed by atoms with Crippen LogP contribution in [0.15, 0.2) is 138 Å². The largest absolute Gasteiger partial charge is 0.456 e. The predicted octanol–water partition coefficient (Wildman–Crippen LogP) is 16.3. The van der Waals surface area contributed by atoms with Crippen molar-refractivity contribution in [3.63, 3.8) is 0 Å². The minimum Gasteiger partial charge on any atom is -0.456 e. The van der Waals surface area contributed by atoms with E-state index in [1.807, 2.05) is 22.7 Å². The number of para-hydroxylation sites is 1. The van der Waals surface area contributed by atoms with Crippen molar-refractivity contribution in [2.45, 2.75) is 77.6 Å². The van der Waals surface area contributed by atoms with Gasteiger partial charge in [0.05, 0.1) is 11.0 Å². The van der Waals surface area contributed by atoms with Crippen molar-refractivity contribution in [3.05, 3.63) is 150 Å². The second-order valence-electron chi connectivity index (χ2n) is 21.9. The molecule has 0 saturated carbocycles. The number of hydrogen-bond acceptors (Lipinski definition) is 4. The Morgan fingerprint density at radius 3 is 2.02 bits per heavy atom. The van der Waals surface area contributed by atoms with Gasteiger partial charge in [0, 0.05) is 90.1 Å². The van der Waals surface area contributed by atoms with Crippen LogP contribution in [0.3, 0.4) is 0 Å². The van der Waals surface area contributed by atoms with Crippen molar-refractivity contribution >= 4 is 136 Å². The minimum absolute atomic E-state index is 0.0285. The molecule has 3 nitrogen and oxygen atoms in total. The Labute approximate surface area is 392 Å². The topological polar surface area (TPSA) is 21.3 Å². The van der Waals surface area contributed by atoms with E-state index in [1.54, 1.807) is 0 Å². The highest BCUT2D eigenvalue weighted by Crippen LogP contribution is 2.56. The maximum Gasteiger partial charge on any atom is 0.333 e. The first-order chi connectivity index (χ1) is 31.8. The van der Waals surface area contributed by atoms with Gasteiger partial charge >= 0.3 is 6.85 Å². The minimum atomic E-state index is -0.135. The Bertz CT molecular complexity index is 4170. The van der Waals surface area contributed by atoms with Gasteiger partial charge in [-0.1, -0.05) is 115 Å². The van der Waals surface area contributed by atoms with Crippen LogP contribution in [0.4, 0.5) is 11.4 Å². The zero-order chi connectivity index (χ0) is 44.3. The summed E-state index contributed by atoms with van der Waals surface area (Å²) in [5, 5.41) is 10.5. The van der Waals surface area contributed by atoms with Gasteiger partial charge in [-0.25, -0.2) is 0 Å². The van der Waals surface area contributed by atoms with Crippen molar-refractivity contribution in [2.24, 2.45) is 0 Å². The lowest BCUT2D eigenvalue weighted by Crippen LogP contribution is -2.60. The third-order valence-corrected chi connectivity index (χ3v) is 18.5. The molecule has 1 aliphatic carbocycles. The molecule has 2 aliphatic heterocycles. The molecular formula is C60H47BN2OS2. The Morgan fingerprint density at radius 2 is 1.26 bits per heavy atom. The lowest BCUT2D eigenvalue weighted by atomic mass is 9.44. The van der Waals surface area contributed by atoms with Crippen LogP contribution in [0, 0.1) is 0 Å². The maximum atomic E-state index is 6.86. The summed E-state index contributed by atoms with van der Waals surface area (Å²) in [7, 11) is 0. The average Bonchev–Trinajstić information content (AvgIpc) is 4.07. The van der Waals surface area contributed by atoms with Crippen molar-refractivity contribution in [2.75, 3.05) is 4.81 Å². The Kier molecular flexibility index (Phi) is 7.08. The van der Waals surface area contributed by atoms with Gasteiger partial charge in [0.1, 0.15) is 11.2 Å². The number of furan rings is 1. The number of benzene rings is 8. The van der Waals surface area contributed by atoms with Crippen LogP contribution in [0.2, 0.25) is 0 Å². The van der Waals surface area contributed by atoms with Crippen molar-refractivity contribution in [1.29, 1.82) is 0 Å². The molecule has 0 amide bonds. The number of rotatable bonds is 1. The summed E-state index contributed by atoms with van der Waals surface area (Å²) in [4.78, 5) is 2.71. The molecule has 0 N–H and O–H groups in total. The molecule has 6 heteroatoms. The van der Waals surface area contributed by atoms with E-state index in [1.165, 1.54) is 131 Å². The molecular weight excluding hydrogens is 840 g/mol. The summed E-state index contributed by atoms with van der Waals surface area (Å²) in [6, 6.07) is 51.5. The monoisotopic (exact) mass is 886 g/mol. The maximum absolute atomic E-state index is 6.86. The fraction of sp³-hybridized carbons (Fsp3) is 0.200. The second kappa shape index (κ2) is 12.4. The van der Waals surface area contributed by atoms with Crippen molar-refractivity contribution in [1.82, 2.24) is 4.57 Å². The van der Waals surface area contributed by atoms with Gasteiger partial charge in [-0.15, -0.1) is 22.7 Å². The third-order valence-electron chi connectivity index (χ3n) is 16.2. The Morgan fingerprint density at radius 1 is 0.576 bits per heavy atom. The number of aromatic nitrogens is 1. The van der Waals surface area contributed by atoms with Gasteiger partial charge in [0.15, 0.2) is 0 Å². The summed E-state index contributed by atoms with van der Waals surface area (Å²) < 4.78 is 14.9. The van der Waals surface area contributed by atoms with E-state index in [-0.39, 0.29) is 23.1 Å². The predicted molar refractivity (Wildman–Crippen MR) is 287 cm³/mol. The van der Waals surface area contributed by atoms with E-state index in [2.05, 4.69) is 191 Å². The first-order valence-corrected chi connectivity index (χ1v) is 25.3. The van der Waals surface area contributed by atoms with Gasteiger partial charge in [-0.2, -0.15) is 0 Å². The van der Waals surface area contributed by atoms with E-state index < -0.39 is 0 Å². The molecule has 12 aromatic rings.